The van der Waals surface area contributed by atoms with E-state index in [-0.39, 0.29) is 43.5 Å². The standard InChI is InChI=1S/C33H40N4O6/c1-22-9-11-26-18-25(22)20-34-32(41)27(12-10-23-6-3-2-4-7-23)35-33(42)28(37-29(38)13-14-30(37)39)19-31(40)36-16-5-8-24(21-36)15-17-43-26/h2-4,6-7,9,11,18,24,27-28H,5,8,10,12-17,19-21H2,1H3,(H,34,41)(H,35,42)/t24?,27-,28-/m0/s1. The molecule has 0 spiro atoms. The van der Waals surface area contributed by atoms with Crippen molar-refractivity contribution in [3.05, 3.63) is 65.2 Å². The van der Waals surface area contributed by atoms with Gasteiger partial charge in [-0.15, -0.1) is 0 Å². The largest absolute Gasteiger partial charge is 0.494 e. The first-order valence-electron chi connectivity index (χ1n) is 15.3. The summed E-state index contributed by atoms with van der Waals surface area (Å²) in [5, 5.41) is 5.77. The van der Waals surface area contributed by atoms with Crippen molar-refractivity contribution in [1.82, 2.24) is 20.4 Å². The van der Waals surface area contributed by atoms with E-state index in [2.05, 4.69) is 10.6 Å². The zero-order valence-corrected chi connectivity index (χ0v) is 24.7. The van der Waals surface area contributed by atoms with Crippen LogP contribution in [0, 0.1) is 12.8 Å². The zero-order chi connectivity index (χ0) is 30.3. The molecule has 3 atom stereocenters. The lowest BCUT2D eigenvalue weighted by Crippen LogP contribution is -2.56. The maximum absolute atomic E-state index is 13.8. The summed E-state index contributed by atoms with van der Waals surface area (Å²) in [4.78, 5) is 69.1. The van der Waals surface area contributed by atoms with E-state index in [1.807, 2.05) is 55.5 Å². The molecule has 0 aliphatic carbocycles. The van der Waals surface area contributed by atoms with E-state index in [1.54, 1.807) is 4.90 Å². The average Bonchev–Trinajstić information content (AvgIpc) is 3.34. The topological polar surface area (TPSA) is 125 Å². The molecular weight excluding hydrogens is 548 g/mol. The molecule has 5 rings (SSSR count). The van der Waals surface area contributed by atoms with Gasteiger partial charge in [0.15, 0.2) is 0 Å². The Morgan fingerprint density at radius 3 is 2.44 bits per heavy atom. The highest BCUT2D eigenvalue weighted by Crippen LogP contribution is 2.25. The van der Waals surface area contributed by atoms with Crippen LogP contribution in [0.3, 0.4) is 0 Å². The van der Waals surface area contributed by atoms with Gasteiger partial charge < -0.3 is 20.3 Å². The van der Waals surface area contributed by atoms with E-state index in [9.17, 15) is 24.0 Å². The molecule has 2 N–H and O–H groups in total. The summed E-state index contributed by atoms with van der Waals surface area (Å²) in [6.45, 7) is 3.77. The quantitative estimate of drug-likeness (QED) is 0.530. The van der Waals surface area contributed by atoms with Crippen LogP contribution in [0.15, 0.2) is 48.5 Å². The molecule has 2 fully saturated rings. The van der Waals surface area contributed by atoms with Crippen molar-refractivity contribution in [1.29, 1.82) is 0 Å². The van der Waals surface area contributed by atoms with E-state index in [0.717, 1.165) is 46.6 Å². The number of imide groups is 1. The third-order valence-electron chi connectivity index (χ3n) is 8.71. The zero-order valence-electron chi connectivity index (χ0n) is 24.7. The van der Waals surface area contributed by atoms with Gasteiger partial charge >= 0.3 is 0 Å². The van der Waals surface area contributed by atoms with Crippen LogP contribution in [0.1, 0.15) is 61.6 Å². The van der Waals surface area contributed by atoms with Crippen molar-refractivity contribution in [2.24, 2.45) is 5.92 Å². The Labute approximate surface area is 252 Å². The summed E-state index contributed by atoms with van der Waals surface area (Å²) < 4.78 is 6.07. The van der Waals surface area contributed by atoms with E-state index < -0.39 is 29.8 Å². The van der Waals surface area contributed by atoms with Crippen LogP contribution in [-0.4, -0.2) is 71.1 Å². The summed E-state index contributed by atoms with van der Waals surface area (Å²) in [7, 11) is 0. The first-order valence-corrected chi connectivity index (χ1v) is 15.3. The molecule has 2 aromatic carbocycles. The average molecular weight is 589 g/mol. The number of hydrogen-bond donors (Lipinski definition) is 2. The number of amides is 5. The summed E-state index contributed by atoms with van der Waals surface area (Å²) >= 11 is 0. The smallest absolute Gasteiger partial charge is 0.244 e. The first kappa shape index (κ1) is 30.3. The molecule has 10 heteroatoms. The Bertz CT molecular complexity index is 1350. The van der Waals surface area contributed by atoms with Gasteiger partial charge in [-0.2, -0.15) is 0 Å². The molecule has 4 bridgehead atoms. The number of hydrogen-bond acceptors (Lipinski definition) is 6. The molecule has 3 heterocycles. The van der Waals surface area contributed by atoms with Gasteiger partial charge in [-0.1, -0.05) is 36.4 Å². The fraction of sp³-hybridized carbons (Fsp3) is 0.485. The van der Waals surface area contributed by atoms with Crippen molar-refractivity contribution >= 4 is 29.5 Å². The number of nitrogens with one attached hydrogen (secondary N) is 2. The predicted octanol–water partition coefficient (Wildman–Crippen LogP) is 2.66. The highest BCUT2D eigenvalue weighted by atomic mass is 16.5. The second-order valence-electron chi connectivity index (χ2n) is 11.8. The minimum atomic E-state index is -1.32. The number of aryl methyl sites for hydroxylation is 2. The lowest BCUT2D eigenvalue weighted by molar-refractivity contribution is -0.149. The molecule has 2 saturated heterocycles. The molecule has 2 aromatic rings. The second-order valence-corrected chi connectivity index (χ2v) is 11.8. The van der Waals surface area contributed by atoms with Gasteiger partial charge in [-0.25, -0.2) is 0 Å². The highest BCUT2D eigenvalue weighted by molar-refractivity contribution is 6.07. The summed E-state index contributed by atoms with van der Waals surface area (Å²) in [6.07, 6.45) is 3.04. The van der Waals surface area contributed by atoms with Crippen LogP contribution in [-0.2, 0) is 36.9 Å². The molecular formula is C33H40N4O6. The minimum absolute atomic E-state index is 0.00106. The van der Waals surface area contributed by atoms with Crippen molar-refractivity contribution in [3.63, 3.8) is 0 Å². The highest BCUT2D eigenvalue weighted by Gasteiger charge is 2.42. The molecule has 43 heavy (non-hydrogen) atoms. The molecule has 3 aliphatic rings. The summed E-state index contributed by atoms with van der Waals surface area (Å²) in [5.74, 6) is -1.34. The number of fused-ring (bicyclic) bond motifs is 4. The summed E-state index contributed by atoms with van der Waals surface area (Å²) in [5.41, 5.74) is 2.90. The molecule has 0 radical (unpaired) electrons. The van der Waals surface area contributed by atoms with Gasteiger partial charge in [0, 0.05) is 32.5 Å². The van der Waals surface area contributed by atoms with E-state index in [4.69, 9.17) is 4.74 Å². The number of benzene rings is 2. The van der Waals surface area contributed by atoms with Gasteiger partial charge in [0.1, 0.15) is 17.8 Å². The number of likely N-dealkylation sites (tertiary alicyclic amines) is 1. The van der Waals surface area contributed by atoms with Crippen molar-refractivity contribution < 1.29 is 28.7 Å². The third kappa shape index (κ3) is 7.60. The normalized spacial score (nSPS) is 24.1. The van der Waals surface area contributed by atoms with Crippen molar-refractivity contribution in [2.45, 2.75) is 76.9 Å². The van der Waals surface area contributed by atoms with Gasteiger partial charge in [0.25, 0.3) is 0 Å². The Kier molecular flexibility index (Phi) is 9.74. The Morgan fingerprint density at radius 2 is 1.67 bits per heavy atom. The SMILES string of the molecule is Cc1ccc2cc1CNC(=O)[C@H](CCc1ccccc1)NC(=O)[C@@H](N1C(=O)CCC1=O)CC(=O)N1CCCC(CCO2)C1. The Balaban J connectivity index is 1.44. The van der Waals surface area contributed by atoms with Gasteiger partial charge in [0.2, 0.25) is 29.5 Å². The number of nitrogens with zero attached hydrogens (tertiary/aromatic N) is 2. The fourth-order valence-electron chi connectivity index (χ4n) is 6.13. The number of carbonyl (C=O) groups excluding carboxylic acids is 5. The van der Waals surface area contributed by atoms with Crippen LogP contribution in [0.5, 0.6) is 5.75 Å². The van der Waals surface area contributed by atoms with Crippen molar-refractivity contribution in [3.8, 4) is 5.75 Å². The molecule has 1 unspecified atom stereocenters. The molecule has 5 amide bonds. The minimum Gasteiger partial charge on any atom is -0.494 e. The maximum atomic E-state index is 13.8. The lowest BCUT2D eigenvalue weighted by atomic mass is 9.94. The number of carbonyl (C=O) groups is 5. The predicted molar refractivity (Wildman–Crippen MR) is 159 cm³/mol. The van der Waals surface area contributed by atoms with Gasteiger partial charge in [0.05, 0.1) is 13.0 Å². The van der Waals surface area contributed by atoms with Crippen LogP contribution in [0.4, 0.5) is 0 Å². The molecule has 0 saturated carbocycles. The Hall–Kier alpha value is -4.21. The maximum Gasteiger partial charge on any atom is 0.244 e. The van der Waals surface area contributed by atoms with Gasteiger partial charge in [-0.05, 0) is 73.8 Å². The summed E-state index contributed by atoms with van der Waals surface area (Å²) in [6, 6.07) is 13.2. The fourth-order valence-corrected chi connectivity index (χ4v) is 6.13. The van der Waals surface area contributed by atoms with Crippen LogP contribution < -0.4 is 15.4 Å². The van der Waals surface area contributed by atoms with Crippen LogP contribution in [0.25, 0.3) is 0 Å². The molecule has 228 valence electrons. The Morgan fingerprint density at radius 1 is 0.907 bits per heavy atom. The van der Waals surface area contributed by atoms with Gasteiger partial charge in [-0.3, -0.25) is 28.9 Å². The monoisotopic (exact) mass is 588 g/mol. The molecule has 10 nitrogen and oxygen atoms in total. The second kappa shape index (κ2) is 13.8. The van der Waals surface area contributed by atoms with E-state index >= 15 is 0 Å². The van der Waals surface area contributed by atoms with Crippen LogP contribution >= 0.6 is 0 Å². The van der Waals surface area contributed by atoms with E-state index in [1.165, 1.54) is 0 Å². The third-order valence-corrected chi connectivity index (χ3v) is 8.71. The molecule has 0 aromatic heterocycles. The lowest BCUT2D eigenvalue weighted by Gasteiger charge is -2.35. The number of rotatable bonds is 4. The first-order chi connectivity index (χ1) is 20.8. The number of ether oxygens (including phenoxy) is 1. The van der Waals surface area contributed by atoms with E-state index in [0.29, 0.717) is 32.5 Å². The van der Waals surface area contributed by atoms with Crippen molar-refractivity contribution in [2.75, 3.05) is 19.7 Å². The molecule has 3 aliphatic heterocycles. The van der Waals surface area contributed by atoms with Crippen LogP contribution in [0.2, 0.25) is 0 Å². The number of piperidine rings is 1.